The summed E-state index contributed by atoms with van der Waals surface area (Å²) >= 11 is 5.97. The lowest BCUT2D eigenvalue weighted by Gasteiger charge is -2.29. The standard InChI is InChI=1S/C16H17ClN2O4S2/c1-24(20,21)19-10-4-5-12-8-9-13(11-15(12)19)18-25(22,23)16-7-3-2-6-14(16)17/h2-3,6-9,11,18H,4-5,10H2,1H3. The number of nitrogens with one attached hydrogen (secondary N) is 1. The molecule has 0 aliphatic carbocycles. The molecule has 2 aromatic carbocycles. The third-order valence-corrected chi connectivity index (χ3v) is 7.00. The normalized spacial score (nSPS) is 14.9. The number of sulfonamides is 2. The Labute approximate surface area is 152 Å². The van der Waals surface area contributed by atoms with E-state index in [1.165, 1.54) is 16.4 Å². The topological polar surface area (TPSA) is 83.6 Å². The molecule has 0 spiro atoms. The Morgan fingerprint density at radius 1 is 1.08 bits per heavy atom. The van der Waals surface area contributed by atoms with E-state index in [-0.39, 0.29) is 15.6 Å². The summed E-state index contributed by atoms with van der Waals surface area (Å²) < 4.78 is 52.8. The van der Waals surface area contributed by atoms with E-state index >= 15 is 0 Å². The van der Waals surface area contributed by atoms with Gasteiger partial charge in [0.15, 0.2) is 0 Å². The summed E-state index contributed by atoms with van der Waals surface area (Å²) in [6, 6.07) is 11.0. The molecule has 0 atom stereocenters. The van der Waals surface area contributed by atoms with Crippen LogP contribution in [0.25, 0.3) is 0 Å². The van der Waals surface area contributed by atoms with Crippen LogP contribution in [0.2, 0.25) is 5.02 Å². The van der Waals surface area contributed by atoms with Crippen LogP contribution in [0.5, 0.6) is 0 Å². The van der Waals surface area contributed by atoms with Crippen LogP contribution >= 0.6 is 11.6 Å². The van der Waals surface area contributed by atoms with Crippen LogP contribution < -0.4 is 9.03 Å². The molecule has 1 N–H and O–H groups in total. The zero-order chi connectivity index (χ0) is 18.2. The van der Waals surface area contributed by atoms with Gasteiger partial charge >= 0.3 is 0 Å². The highest BCUT2D eigenvalue weighted by Crippen LogP contribution is 2.33. The van der Waals surface area contributed by atoms with Gasteiger partial charge in [0.2, 0.25) is 10.0 Å². The summed E-state index contributed by atoms with van der Waals surface area (Å²) in [5.41, 5.74) is 1.67. The number of rotatable bonds is 4. The van der Waals surface area contributed by atoms with Gasteiger partial charge in [0.25, 0.3) is 10.0 Å². The number of anilines is 2. The molecule has 1 aliphatic heterocycles. The molecule has 9 heteroatoms. The second-order valence-electron chi connectivity index (χ2n) is 5.82. The number of hydrogen-bond acceptors (Lipinski definition) is 4. The van der Waals surface area contributed by atoms with Gasteiger partial charge in [-0.3, -0.25) is 9.03 Å². The minimum atomic E-state index is -3.87. The van der Waals surface area contributed by atoms with Crippen LogP contribution in [0, 0.1) is 0 Å². The van der Waals surface area contributed by atoms with E-state index in [1.807, 2.05) is 0 Å². The van der Waals surface area contributed by atoms with Crippen molar-refractivity contribution >= 4 is 43.0 Å². The van der Waals surface area contributed by atoms with Gasteiger partial charge in [0, 0.05) is 6.54 Å². The van der Waals surface area contributed by atoms with Crippen molar-refractivity contribution in [2.45, 2.75) is 17.7 Å². The van der Waals surface area contributed by atoms with Crippen LogP contribution in [0.3, 0.4) is 0 Å². The molecule has 0 amide bonds. The molecule has 0 saturated heterocycles. The van der Waals surface area contributed by atoms with Crippen molar-refractivity contribution in [2.75, 3.05) is 21.8 Å². The maximum Gasteiger partial charge on any atom is 0.263 e. The lowest BCUT2D eigenvalue weighted by Crippen LogP contribution is -2.34. The highest BCUT2D eigenvalue weighted by Gasteiger charge is 2.25. The minimum Gasteiger partial charge on any atom is -0.280 e. The van der Waals surface area contributed by atoms with Crippen LogP contribution in [0.1, 0.15) is 12.0 Å². The Morgan fingerprint density at radius 2 is 1.80 bits per heavy atom. The van der Waals surface area contributed by atoms with Crippen LogP contribution in [-0.2, 0) is 26.5 Å². The highest BCUT2D eigenvalue weighted by atomic mass is 35.5. The number of aryl methyl sites for hydroxylation is 1. The molecule has 1 heterocycles. The van der Waals surface area contributed by atoms with Gasteiger partial charge in [0.05, 0.1) is 22.7 Å². The van der Waals surface area contributed by atoms with Crippen LogP contribution in [0.15, 0.2) is 47.4 Å². The number of halogens is 1. The zero-order valence-corrected chi connectivity index (χ0v) is 15.8. The summed E-state index contributed by atoms with van der Waals surface area (Å²) in [6.07, 6.45) is 2.62. The second kappa shape index (κ2) is 6.51. The van der Waals surface area contributed by atoms with Crippen molar-refractivity contribution < 1.29 is 16.8 Å². The van der Waals surface area contributed by atoms with E-state index in [2.05, 4.69) is 4.72 Å². The van der Waals surface area contributed by atoms with Gasteiger partial charge in [-0.05, 0) is 42.7 Å². The summed E-state index contributed by atoms with van der Waals surface area (Å²) in [4.78, 5) is -0.0330. The predicted molar refractivity (Wildman–Crippen MR) is 99.2 cm³/mol. The summed E-state index contributed by atoms with van der Waals surface area (Å²) in [5, 5.41) is 0.116. The van der Waals surface area contributed by atoms with Gasteiger partial charge in [-0.15, -0.1) is 0 Å². The zero-order valence-electron chi connectivity index (χ0n) is 13.4. The molecule has 0 fully saturated rings. The molecular weight excluding hydrogens is 384 g/mol. The molecule has 0 bridgehead atoms. The maximum absolute atomic E-state index is 12.5. The minimum absolute atomic E-state index is 0.0330. The average molecular weight is 401 g/mol. The van der Waals surface area contributed by atoms with Gasteiger partial charge in [-0.1, -0.05) is 29.8 Å². The van der Waals surface area contributed by atoms with Crippen molar-refractivity contribution in [1.29, 1.82) is 0 Å². The van der Waals surface area contributed by atoms with Crippen molar-refractivity contribution in [3.63, 3.8) is 0 Å². The number of benzene rings is 2. The highest BCUT2D eigenvalue weighted by molar-refractivity contribution is 7.93. The van der Waals surface area contributed by atoms with Crippen molar-refractivity contribution in [3.05, 3.63) is 53.1 Å². The third kappa shape index (κ3) is 3.75. The lowest BCUT2D eigenvalue weighted by atomic mass is 10.0. The predicted octanol–water partition coefficient (Wildman–Crippen LogP) is 2.85. The fourth-order valence-electron chi connectivity index (χ4n) is 2.82. The van der Waals surface area contributed by atoms with Gasteiger partial charge < -0.3 is 0 Å². The molecule has 0 saturated carbocycles. The first kappa shape index (κ1) is 18.0. The van der Waals surface area contributed by atoms with Crippen LogP contribution in [0.4, 0.5) is 11.4 Å². The first-order valence-corrected chi connectivity index (χ1v) is 11.3. The lowest BCUT2D eigenvalue weighted by molar-refractivity contribution is 0.592. The third-order valence-electron chi connectivity index (χ3n) is 3.94. The Balaban J connectivity index is 1.99. The van der Waals surface area contributed by atoms with Crippen molar-refractivity contribution in [1.82, 2.24) is 0 Å². The Kier molecular flexibility index (Phi) is 4.70. The molecule has 2 aromatic rings. The monoisotopic (exact) mass is 400 g/mol. The molecular formula is C16H17ClN2O4S2. The Hall–Kier alpha value is -1.77. The fraction of sp³-hybridized carbons (Fsp3) is 0.250. The largest absolute Gasteiger partial charge is 0.280 e. The van der Waals surface area contributed by atoms with E-state index in [1.54, 1.807) is 30.3 Å². The van der Waals surface area contributed by atoms with E-state index in [9.17, 15) is 16.8 Å². The molecule has 0 unspecified atom stereocenters. The number of nitrogens with zero attached hydrogens (tertiary/aromatic N) is 1. The molecule has 0 aromatic heterocycles. The molecule has 134 valence electrons. The van der Waals surface area contributed by atoms with E-state index in [4.69, 9.17) is 11.6 Å². The van der Waals surface area contributed by atoms with Crippen LogP contribution in [-0.4, -0.2) is 29.6 Å². The first-order valence-electron chi connectivity index (χ1n) is 7.56. The molecule has 25 heavy (non-hydrogen) atoms. The smallest absolute Gasteiger partial charge is 0.263 e. The first-order chi connectivity index (χ1) is 11.7. The fourth-order valence-corrected chi connectivity index (χ4v) is 5.38. The number of hydrogen-bond donors (Lipinski definition) is 1. The summed E-state index contributed by atoms with van der Waals surface area (Å²) in [6.45, 7) is 0.381. The maximum atomic E-state index is 12.5. The molecule has 1 aliphatic rings. The molecule has 6 nitrogen and oxygen atoms in total. The molecule has 0 radical (unpaired) electrons. The Morgan fingerprint density at radius 3 is 2.48 bits per heavy atom. The van der Waals surface area contributed by atoms with Gasteiger partial charge in [-0.25, -0.2) is 16.8 Å². The quantitative estimate of drug-likeness (QED) is 0.855. The number of fused-ring (bicyclic) bond motifs is 1. The van der Waals surface area contributed by atoms with Gasteiger partial charge in [-0.2, -0.15) is 0 Å². The van der Waals surface area contributed by atoms with Crippen molar-refractivity contribution in [3.8, 4) is 0 Å². The SMILES string of the molecule is CS(=O)(=O)N1CCCc2ccc(NS(=O)(=O)c3ccccc3Cl)cc21. The second-order valence-corrected chi connectivity index (χ2v) is 9.78. The van der Waals surface area contributed by atoms with Crippen molar-refractivity contribution in [2.24, 2.45) is 0 Å². The molecule has 3 rings (SSSR count). The van der Waals surface area contributed by atoms with E-state index in [0.29, 0.717) is 12.2 Å². The Bertz CT molecular complexity index is 1020. The van der Waals surface area contributed by atoms with E-state index < -0.39 is 20.0 Å². The summed E-state index contributed by atoms with van der Waals surface area (Å²) in [7, 11) is -7.30. The summed E-state index contributed by atoms with van der Waals surface area (Å²) in [5.74, 6) is 0. The van der Waals surface area contributed by atoms with Gasteiger partial charge in [0.1, 0.15) is 4.90 Å². The van der Waals surface area contributed by atoms with E-state index in [0.717, 1.165) is 24.7 Å². The average Bonchev–Trinajstić information content (AvgIpc) is 2.53.